The van der Waals surface area contributed by atoms with E-state index in [1.165, 1.54) is 6.21 Å². The summed E-state index contributed by atoms with van der Waals surface area (Å²) in [6.07, 6.45) is 8.08. The maximum Gasteiger partial charge on any atom is 0.254 e. The fraction of sp³-hybridized carbons (Fsp3) is 0.389. The van der Waals surface area contributed by atoms with Crippen molar-refractivity contribution >= 4 is 18.0 Å². The smallest absolute Gasteiger partial charge is 0.254 e. The molecule has 2 bridgehead atoms. The Bertz CT molecular complexity index is 742. The number of benzene rings is 1. The van der Waals surface area contributed by atoms with Gasteiger partial charge in [-0.2, -0.15) is 10.1 Å². The van der Waals surface area contributed by atoms with Crippen LogP contribution in [-0.4, -0.2) is 28.1 Å². The van der Waals surface area contributed by atoms with Gasteiger partial charge in [0.25, 0.3) is 11.8 Å². The van der Waals surface area contributed by atoms with Gasteiger partial charge in [0.1, 0.15) is 5.75 Å². The van der Waals surface area contributed by atoms with Crippen molar-refractivity contribution in [3.63, 3.8) is 0 Å². The van der Waals surface area contributed by atoms with Crippen molar-refractivity contribution in [2.45, 2.75) is 12.8 Å². The van der Waals surface area contributed by atoms with Gasteiger partial charge in [0.15, 0.2) is 0 Å². The molecule has 1 aromatic carbocycles. The van der Waals surface area contributed by atoms with Crippen molar-refractivity contribution in [1.29, 1.82) is 0 Å². The summed E-state index contributed by atoms with van der Waals surface area (Å²) < 4.78 is 0. The molecule has 1 aliphatic heterocycles. The Kier molecular flexibility index (Phi) is 2.33. The van der Waals surface area contributed by atoms with Crippen LogP contribution in [0.3, 0.4) is 0 Å². The van der Waals surface area contributed by atoms with E-state index in [0.29, 0.717) is 0 Å². The SMILES string of the molecule is O=C1[C@@H]2[C@H](C(=O)N1/N=C/c1ccc(O)cc1)[C@H]1C=C[C@@H]2C12CC2. The van der Waals surface area contributed by atoms with Gasteiger partial charge in [-0.05, 0) is 59.9 Å². The third-order valence-electron chi connectivity index (χ3n) is 6.04. The van der Waals surface area contributed by atoms with Crippen molar-refractivity contribution < 1.29 is 14.7 Å². The first-order valence-corrected chi connectivity index (χ1v) is 8.01. The van der Waals surface area contributed by atoms with Crippen LogP contribution < -0.4 is 0 Å². The highest BCUT2D eigenvalue weighted by molar-refractivity contribution is 6.07. The number of imide groups is 1. The van der Waals surface area contributed by atoms with E-state index in [1.807, 2.05) is 0 Å². The summed E-state index contributed by atoms with van der Waals surface area (Å²) in [6.45, 7) is 0. The fourth-order valence-corrected chi connectivity index (χ4v) is 4.86. The minimum atomic E-state index is -0.211. The first-order valence-electron chi connectivity index (χ1n) is 8.01. The average Bonchev–Trinajstić information content (AvgIpc) is 3.15. The Labute approximate surface area is 133 Å². The van der Waals surface area contributed by atoms with Crippen LogP contribution in [0.2, 0.25) is 0 Å². The monoisotopic (exact) mass is 308 g/mol. The second-order valence-corrected chi connectivity index (χ2v) is 7.05. The van der Waals surface area contributed by atoms with Crippen molar-refractivity contribution in [1.82, 2.24) is 5.01 Å². The number of hydrogen-bond acceptors (Lipinski definition) is 4. The third kappa shape index (κ3) is 1.54. The molecule has 2 amide bonds. The first kappa shape index (κ1) is 13.0. The van der Waals surface area contributed by atoms with Crippen LogP contribution in [0.1, 0.15) is 18.4 Å². The Morgan fingerprint density at radius 1 is 1.04 bits per heavy atom. The van der Waals surface area contributed by atoms with Crippen LogP contribution in [-0.2, 0) is 9.59 Å². The summed E-state index contributed by atoms with van der Waals surface area (Å²) in [6, 6.07) is 6.47. The van der Waals surface area contributed by atoms with E-state index < -0.39 is 0 Å². The molecule has 3 aliphatic carbocycles. The van der Waals surface area contributed by atoms with Crippen LogP contribution in [0, 0.1) is 29.1 Å². The maximum atomic E-state index is 12.7. The minimum Gasteiger partial charge on any atom is -0.508 e. The lowest BCUT2D eigenvalue weighted by Gasteiger charge is -2.18. The van der Waals surface area contributed by atoms with Gasteiger partial charge in [-0.15, -0.1) is 0 Å². The molecule has 1 saturated heterocycles. The van der Waals surface area contributed by atoms with Crippen molar-refractivity contribution in [2.24, 2.45) is 34.2 Å². The second-order valence-electron chi connectivity index (χ2n) is 7.05. The molecule has 1 heterocycles. The number of carbonyl (C=O) groups is 2. The summed E-state index contributed by atoms with van der Waals surface area (Å²) in [7, 11) is 0. The molecule has 5 heteroatoms. The van der Waals surface area contributed by atoms with E-state index in [1.54, 1.807) is 24.3 Å². The molecule has 5 rings (SSSR count). The number of phenols is 1. The molecule has 1 spiro atoms. The van der Waals surface area contributed by atoms with Crippen LogP contribution >= 0.6 is 0 Å². The van der Waals surface area contributed by atoms with E-state index in [4.69, 9.17) is 0 Å². The molecule has 0 radical (unpaired) electrons. The molecule has 5 nitrogen and oxygen atoms in total. The minimum absolute atomic E-state index is 0.154. The van der Waals surface area contributed by atoms with Crippen LogP contribution in [0.15, 0.2) is 41.5 Å². The largest absolute Gasteiger partial charge is 0.508 e. The van der Waals surface area contributed by atoms with Gasteiger partial charge in [-0.1, -0.05) is 12.2 Å². The van der Waals surface area contributed by atoms with E-state index in [-0.39, 0.29) is 46.7 Å². The van der Waals surface area contributed by atoms with E-state index in [9.17, 15) is 14.7 Å². The van der Waals surface area contributed by atoms with Gasteiger partial charge in [-0.3, -0.25) is 9.59 Å². The van der Waals surface area contributed by atoms with Crippen LogP contribution in [0.25, 0.3) is 0 Å². The van der Waals surface area contributed by atoms with Crippen LogP contribution in [0.4, 0.5) is 0 Å². The number of amides is 2. The van der Waals surface area contributed by atoms with Crippen molar-refractivity contribution in [3.05, 3.63) is 42.0 Å². The Hall–Kier alpha value is -2.43. The lowest BCUT2D eigenvalue weighted by atomic mass is 9.85. The van der Waals surface area contributed by atoms with Gasteiger partial charge in [-0.25, -0.2) is 0 Å². The molecule has 3 fully saturated rings. The molecule has 2 saturated carbocycles. The lowest BCUT2D eigenvalue weighted by molar-refractivity contribution is -0.141. The second kappa shape index (κ2) is 4.10. The normalized spacial score (nSPS) is 35.7. The van der Waals surface area contributed by atoms with E-state index >= 15 is 0 Å². The number of phenolic OH excluding ortho intramolecular Hbond substituents is 1. The molecule has 1 aromatic rings. The molecule has 23 heavy (non-hydrogen) atoms. The topological polar surface area (TPSA) is 70.0 Å². The van der Waals surface area contributed by atoms with Crippen molar-refractivity contribution in [2.75, 3.05) is 0 Å². The number of hydrazone groups is 1. The van der Waals surface area contributed by atoms with Crippen LogP contribution in [0.5, 0.6) is 5.75 Å². The summed E-state index contributed by atoms with van der Waals surface area (Å²) in [4.78, 5) is 25.4. The average molecular weight is 308 g/mol. The summed E-state index contributed by atoms with van der Waals surface area (Å²) in [5.74, 6) is -0.113. The zero-order valence-electron chi connectivity index (χ0n) is 12.4. The zero-order chi connectivity index (χ0) is 15.8. The van der Waals surface area contributed by atoms with Gasteiger partial charge in [0.05, 0.1) is 18.1 Å². The number of aromatic hydroxyl groups is 1. The first-order chi connectivity index (χ1) is 11.1. The molecular weight excluding hydrogens is 292 g/mol. The zero-order valence-corrected chi connectivity index (χ0v) is 12.4. The number of nitrogens with zero attached hydrogens (tertiary/aromatic N) is 2. The molecule has 4 atom stereocenters. The maximum absolute atomic E-state index is 12.7. The van der Waals surface area contributed by atoms with Gasteiger partial charge in [0, 0.05) is 0 Å². The van der Waals surface area contributed by atoms with Gasteiger partial charge < -0.3 is 5.11 Å². The fourth-order valence-electron chi connectivity index (χ4n) is 4.86. The predicted octanol–water partition coefficient (Wildman–Crippen LogP) is 1.92. The summed E-state index contributed by atoms with van der Waals surface area (Å²) >= 11 is 0. The lowest BCUT2D eigenvalue weighted by Crippen LogP contribution is -2.30. The Morgan fingerprint density at radius 3 is 2.13 bits per heavy atom. The van der Waals surface area contributed by atoms with E-state index in [0.717, 1.165) is 23.4 Å². The molecule has 1 N–H and O–H groups in total. The Balaban J connectivity index is 1.43. The summed E-state index contributed by atoms with van der Waals surface area (Å²) in [5.41, 5.74) is 0.952. The number of rotatable bonds is 2. The molecule has 116 valence electrons. The van der Waals surface area contributed by atoms with Crippen molar-refractivity contribution in [3.8, 4) is 5.75 Å². The predicted molar refractivity (Wildman–Crippen MR) is 82.3 cm³/mol. The Morgan fingerprint density at radius 2 is 1.61 bits per heavy atom. The third-order valence-corrected chi connectivity index (χ3v) is 6.04. The molecule has 0 aromatic heterocycles. The number of fused-ring (bicyclic) bond motifs is 3. The van der Waals surface area contributed by atoms with E-state index in [2.05, 4.69) is 17.3 Å². The highest BCUT2D eigenvalue weighted by atomic mass is 16.3. The summed E-state index contributed by atoms with van der Waals surface area (Å²) in [5, 5.41) is 14.5. The standard InChI is InChI=1S/C18H16N2O3/c21-11-3-1-10(2-4-11)9-19-20-16(22)14-12-5-6-13(15(14)17(20)23)18(12)7-8-18/h1-6,9,12-15,21H,7-8H2/b19-9+/t12-,13+,14-,15+. The number of carbonyl (C=O) groups excluding carboxylic acids is 2. The number of hydrogen-bond donors (Lipinski definition) is 1. The van der Waals surface area contributed by atoms with Gasteiger partial charge in [0.2, 0.25) is 0 Å². The molecule has 0 unspecified atom stereocenters. The highest BCUT2D eigenvalue weighted by Crippen LogP contribution is 2.73. The van der Waals surface area contributed by atoms with Gasteiger partial charge >= 0.3 is 0 Å². The molecule has 4 aliphatic rings. The molecular formula is C18H16N2O3. The highest BCUT2D eigenvalue weighted by Gasteiger charge is 2.73. The quantitative estimate of drug-likeness (QED) is 0.515. The number of allylic oxidation sites excluding steroid dienone is 2.